The zero-order valence-electron chi connectivity index (χ0n) is 11.7. The van der Waals surface area contributed by atoms with E-state index >= 15 is 0 Å². The number of rotatable bonds is 4. The number of nitro groups is 1. The van der Waals surface area contributed by atoms with Crippen molar-refractivity contribution in [2.75, 3.05) is 13.6 Å². The van der Waals surface area contributed by atoms with E-state index in [-0.39, 0.29) is 30.0 Å². The van der Waals surface area contributed by atoms with E-state index in [1.165, 1.54) is 11.0 Å². The number of hydrogen-bond donors (Lipinski definition) is 1. The number of carbonyl (C=O) groups excluding carboxylic acids is 2. The van der Waals surface area contributed by atoms with Crippen molar-refractivity contribution in [2.24, 2.45) is 5.92 Å². The summed E-state index contributed by atoms with van der Waals surface area (Å²) < 4.78 is 0. The highest BCUT2D eigenvalue weighted by molar-refractivity contribution is 5.83. The Morgan fingerprint density at radius 2 is 2.19 bits per heavy atom. The molecule has 0 aliphatic carbocycles. The fourth-order valence-corrected chi connectivity index (χ4v) is 2.41. The van der Waals surface area contributed by atoms with Crippen LogP contribution in [0.3, 0.4) is 0 Å². The molecular weight excluding hydrogens is 274 g/mol. The van der Waals surface area contributed by atoms with E-state index in [9.17, 15) is 19.7 Å². The Bertz CT molecular complexity index is 563. The minimum absolute atomic E-state index is 0.00842. The van der Waals surface area contributed by atoms with Gasteiger partial charge in [-0.25, -0.2) is 0 Å². The van der Waals surface area contributed by atoms with Crippen LogP contribution < -0.4 is 5.32 Å². The smallest absolute Gasteiger partial charge is 0.274 e. The van der Waals surface area contributed by atoms with Gasteiger partial charge in [0.1, 0.15) is 0 Å². The van der Waals surface area contributed by atoms with Crippen molar-refractivity contribution in [2.45, 2.75) is 19.4 Å². The second-order valence-corrected chi connectivity index (χ2v) is 5.12. The van der Waals surface area contributed by atoms with Crippen molar-refractivity contribution in [3.05, 3.63) is 39.9 Å². The molecule has 0 aromatic heterocycles. The van der Waals surface area contributed by atoms with Gasteiger partial charge in [0.25, 0.3) is 5.69 Å². The first-order valence-corrected chi connectivity index (χ1v) is 6.73. The number of amides is 2. The minimum Gasteiger partial charge on any atom is -0.355 e. The van der Waals surface area contributed by atoms with E-state index in [0.29, 0.717) is 24.9 Å². The quantitative estimate of drug-likeness (QED) is 0.663. The Labute approximate surface area is 122 Å². The van der Waals surface area contributed by atoms with Crippen LogP contribution in [-0.4, -0.2) is 35.2 Å². The maximum Gasteiger partial charge on any atom is 0.274 e. The lowest BCUT2D eigenvalue weighted by Crippen LogP contribution is -2.43. The molecule has 2 amide bonds. The summed E-state index contributed by atoms with van der Waals surface area (Å²) in [6.07, 6.45) is 0.863. The molecule has 0 spiro atoms. The lowest BCUT2D eigenvalue weighted by atomic mass is 9.97. The van der Waals surface area contributed by atoms with Crippen LogP contribution in [0.1, 0.15) is 18.4 Å². The zero-order chi connectivity index (χ0) is 15.4. The molecule has 1 saturated heterocycles. The maximum atomic E-state index is 12.3. The van der Waals surface area contributed by atoms with E-state index in [1.54, 1.807) is 25.2 Å². The molecule has 112 valence electrons. The predicted octanol–water partition coefficient (Wildman–Crippen LogP) is 1.08. The van der Waals surface area contributed by atoms with Gasteiger partial charge in [-0.05, 0) is 6.42 Å². The van der Waals surface area contributed by atoms with Gasteiger partial charge in [0.2, 0.25) is 11.8 Å². The average molecular weight is 291 g/mol. The first kappa shape index (κ1) is 15.0. The topological polar surface area (TPSA) is 92.5 Å². The SMILES string of the molecule is CN(Cc1ccccc1[N+](=O)[O-])C(=O)C1CCC(=O)NC1. The van der Waals surface area contributed by atoms with Gasteiger partial charge in [0.05, 0.1) is 17.4 Å². The molecule has 7 nitrogen and oxygen atoms in total. The lowest BCUT2D eigenvalue weighted by molar-refractivity contribution is -0.385. The summed E-state index contributed by atoms with van der Waals surface area (Å²) in [6, 6.07) is 6.38. The number of carbonyl (C=O) groups is 2. The zero-order valence-corrected chi connectivity index (χ0v) is 11.7. The van der Waals surface area contributed by atoms with Crippen molar-refractivity contribution < 1.29 is 14.5 Å². The van der Waals surface area contributed by atoms with Gasteiger partial charge in [0.15, 0.2) is 0 Å². The van der Waals surface area contributed by atoms with Gasteiger partial charge in [0, 0.05) is 31.6 Å². The fourth-order valence-electron chi connectivity index (χ4n) is 2.41. The van der Waals surface area contributed by atoms with Crippen LogP contribution in [0.15, 0.2) is 24.3 Å². The number of nitrogens with one attached hydrogen (secondary N) is 1. The summed E-state index contributed by atoms with van der Waals surface area (Å²) in [5.74, 6) is -0.399. The van der Waals surface area contributed by atoms with Gasteiger partial charge in [-0.15, -0.1) is 0 Å². The highest BCUT2D eigenvalue weighted by Gasteiger charge is 2.27. The van der Waals surface area contributed by atoms with Crippen LogP contribution in [0.5, 0.6) is 0 Å². The van der Waals surface area contributed by atoms with Crippen molar-refractivity contribution in [1.29, 1.82) is 0 Å². The van der Waals surface area contributed by atoms with Gasteiger partial charge in [-0.1, -0.05) is 18.2 Å². The molecule has 1 N–H and O–H groups in total. The molecule has 7 heteroatoms. The van der Waals surface area contributed by atoms with E-state index in [2.05, 4.69) is 5.32 Å². The summed E-state index contributed by atoms with van der Waals surface area (Å²) in [5.41, 5.74) is 0.507. The largest absolute Gasteiger partial charge is 0.355 e. The van der Waals surface area contributed by atoms with Gasteiger partial charge in [-0.3, -0.25) is 19.7 Å². The normalized spacial score (nSPS) is 18.0. The third-order valence-corrected chi connectivity index (χ3v) is 3.59. The van der Waals surface area contributed by atoms with Gasteiger partial charge in [-0.2, -0.15) is 0 Å². The van der Waals surface area contributed by atoms with Crippen molar-refractivity contribution in [3.8, 4) is 0 Å². The number of nitro benzene ring substituents is 1. The standard InChI is InChI=1S/C14H17N3O4/c1-16(14(19)10-6-7-13(18)15-8-10)9-11-4-2-3-5-12(11)17(20)21/h2-5,10H,6-9H2,1H3,(H,15,18). The highest BCUT2D eigenvalue weighted by atomic mass is 16.6. The van der Waals surface area contributed by atoms with Crippen LogP contribution in [-0.2, 0) is 16.1 Å². The Morgan fingerprint density at radius 3 is 2.81 bits per heavy atom. The number of nitrogens with zero attached hydrogens (tertiary/aromatic N) is 2. The van der Waals surface area contributed by atoms with Crippen LogP contribution >= 0.6 is 0 Å². The molecule has 1 aliphatic heterocycles. The average Bonchev–Trinajstić information content (AvgIpc) is 2.47. The van der Waals surface area contributed by atoms with E-state index in [0.717, 1.165) is 0 Å². The first-order valence-electron chi connectivity index (χ1n) is 6.73. The molecule has 2 rings (SSSR count). The Balaban J connectivity index is 2.04. The molecule has 1 heterocycles. The summed E-state index contributed by atoms with van der Waals surface area (Å²) in [4.78, 5) is 35.4. The number of para-hydroxylation sites is 1. The molecule has 0 bridgehead atoms. The van der Waals surface area contributed by atoms with E-state index in [1.807, 2.05) is 0 Å². The van der Waals surface area contributed by atoms with Crippen molar-refractivity contribution in [1.82, 2.24) is 10.2 Å². The first-order chi connectivity index (χ1) is 9.99. The highest BCUT2D eigenvalue weighted by Crippen LogP contribution is 2.21. The molecule has 1 aromatic rings. The molecule has 1 fully saturated rings. The maximum absolute atomic E-state index is 12.3. The second-order valence-electron chi connectivity index (χ2n) is 5.12. The summed E-state index contributed by atoms with van der Waals surface area (Å²) in [6.45, 7) is 0.513. The van der Waals surface area contributed by atoms with Crippen molar-refractivity contribution >= 4 is 17.5 Å². The Hall–Kier alpha value is -2.44. The Morgan fingerprint density at radius 1 is 1.48 bits per heavy atom. The minimum atomic E-state index is -0.450. The molecule has 1 aliphatic rings. The van der Waals surface area contributed by atoms with Crippen LogP contribution in [0, 0.1) is 16.0 Å². The van der Waals surface area contributed by atoms with Gasteiger partial charge >= 0.3 is 0 Å². The van der Waals surface area contributed by atoms with Crippen LogP contribution in [0.4, 0.5) is 5.69 Å². The van der Waals surface area contributed by atoms with Gasteiger partial charge < -0.3 is 10.2 Å². The summed E-state index contributed by atoms with van der Waals surface area (Å²) >= 11 is 0. The third kappa shape index (κ3) is 3.56. The van der Waals surface area contributed by atoms with Crippen molar-refractivity contribution in [3.63, 3.8) is 0 Å². The Kier molecular flexibility index (Phi) is 4.52. The van der Waals surface area contributed by atoms with Crippen LogP contribution in [0.2, 0.25) is 0 Å². The van der Waals surface area contributed by atoms with E-state index in [4.69, 9.17) is 0 Å². The second kappa shape index (κ2) is 6.34. The predicted molar refractivity (Wildman–Crippen MR) is 75.3 cm³/mol. The van der Waals surface area contributed by atoms with Crippen LogP contribution in [0.25, 0.3) is 0 Å². The lowest BCUT2D eigenvalue weighted by Gasteiger charge is -2.26. The molecule has 1 aromatic carbocycles. The summed E-state index contributed by atoms with van der Waals surface area (Å²) in [7, 11) is 1.62. The number of hydrogen-bond acceptors (Lipinski definition) is 4. The van der Waals surface area contributed by atoms with E-state index < -0.39 is 4.92 Å². The fraction of sp³-hybridized carbons (Fsp3) is 0.429. The third-order valence-electron chi connectivity index (χ3n) is 3.59. The number of piperidine rings is 1. The molecular formula is C14H17N3O4. The summed E-state index contributed by atoms with van der Waals surface area (Å²) in [5, 5.41) is 13.6. The molecule has 0 radical (unpaired) electrons. The molecule has 0 saturated carbocycles. The number of benzene rings is 1. The molecule has 1 atom stereocenters. The molecule has 1 unspecified atom stereocenters. The molecule has 21 heavy (non-hydrogen) atoms. The monoisotopic (exact) mass is 291 g/mol.